The predicted octanol–water partition coefficient (Wildman–Crippen LogP) is -0.0798. The minimum atomic E-state index is -1.07. The van der Waals surface area contributed by atoms with Crippen molar-refractivity contribution in [2.45, 2.75) is 191 Å². The Morgan fingerprint density at radius 3 is 0.817 bits per heavy atom. The summed E-state index contributed by atoms with van der Waals surface area (Å²) in [6.45, 7) is 10.1. The van der Waals surface area contributed by atoms with Crippen LogP contribution in [-0.2, 0) is 28.8 Å². The van der Waals surface area contributed by atoms with Gasteiger partial charge in [-0.1, -0.05) is 13.3 Å². The molecule has 0 aliphatic rings. The van der Waals surface area contributed by atoms with Gasteiger partial charge in [0.05, 0.1) is 12.1 Å². The molecule has 0 aromatic rings. The van der Waals surface area contributed by atoms with Gasteiger partial charge in [-0.3, -0.25) is 28.8 Å². The molecule has 0 aromatic heterocycles. The van der Waals surface area contributed by atoms with Crippen LogP contribution in [0.5, 0.6) is 0 Å². The molecule has 0 heterocycles. The van der Waals surface area contributed by atoms with Crippen molar-refractivity contribution in [1.82, 2.24) is 31.9 Å². The number of carbonyl (C=O) groups is 6. The first-order valence-corrected chi connectivity index (χ1v) is 22.6. The molecule has 0 aromatic carbocycles. The van der Waals surface area contributed by atoms with Crippen molar-refractivity contribution in [3.05, 3.63) is 0 Å². The van der Waals surface area contributed by atoms with E-state index < -0.39 is 59.9 Å². The fourth-order valence-corrected chi connectivity index (χ4v) is 6.75. The third-order valence-electron chi connectivity index (χ3n) is 10.2. The van der Waals surface area contributed by atoms with E-state index in [-0.39, 0.29) is 42.9 Å². The predicted molar refractivity (Wildman–Crippen MR) is 239 cm³/mol. The van der Waals surface area contributed by atoms with Crippen LogP contribution in [0.4, 0.5) is 0 Å². The van der Waals surface area contributed by atoms with Gasteiger partial charge in [-0.25, -0.2) is 0 Å². The van der Waals surface area contributed by atoms with E-state index in [1.165, 1.54) is 0 Å². The van der Waals surface area contributed by atoms with Crippen molar-refractivity contribution < 1.29 is 28.8 Å². The Morgan fingerprint density at radius 2 is 0.583 bits per heavy atom. The normalized spacial score (nSPS) is 14.6. The van der Waals surface area contributed by atoms with Crippen LogP contribution in [0, 0.1) is 0 Å². The van der Waals surface area contributed by atoms with Gasteiger partial charge in [0.15, 0.2) is 5.78 Å². The summed E-state index contributed by atoms with van der Waals surface area (Å²) in [7, 11) is 0. The number of ketones is 1. The minimum absolute atomic E-state index is 0.118. The lowest BCUT2D eigenvalue weighted by molar-refractivity contribution is -0.135. The molecule has 6 atom stereocenters. The van der Waals surface area contributed by atoms with Crippen LogP contribution in [0.2, 0.25) is 0 Å². The van der Waals surface area contributed by atoms with Gasteiger partial charge in [0.1, 0.15) is 24.2 Å². The summed E-state index contributed by atoms with van der Waals surface area (Å²) in [5.74, 6) is -2.66. The third kappa shape index (κ3) is 26.2. The molecule has 60 heavy (non-hydrogen) atoms. The summed E-state index contributed by atoms with van der Waals surface area (Å²) >= 11 is 0. The highest BCUT2D eigenvalue weighted by Gasteiger charge is 2.33. The summed E-state index contributed by atoms with van der Waals surface area (Å²) in [5, 5.41) is 17.7. The van der Waals surface area contributed by atoms with Crippen molar-refractivity contribution in [3.63, 3.8) is 0 Å². The molecule has 0 spiro atoms. The van der Waals surface area contributed by atoms with Crippen LogP contribution in [0.25, 0.3) is 0 Å². The number of unbranched alkanes of at least 4 members (excludes halogenated alkanes) is 6. The van der Waals surface area contributed by atoms with Crippen molar-refractivity contribution in [1.29, 1.82) is 0 Å². The first-order valence-electron chi connectivity index (χ1n) is 22.6. The zero-order valence-electron chi connectivity index (χ0n) is 37.6. The van der Waals surface area contributed by atoms with Crippen LogP contribution in [0.1, 0.15) is 150 Å². The first kappa shape index (κ1) is 56.7. The molecule has 18 nitrogen and oxygen atoms in total. The standard InChI is InChI=1S/C42H86N12O6/c1-5-36(55)30(18-6-12-24-43)49-37(56)31(19-7-13-25-44)50-38(57)32(20-8-14-26-45)51-39(58)33(21-9-15-27-46)52-40(59)34(22-10-16-28-47)53-41(60)35(23-11-17-29-48)54-42(2,3)4/h30-35,54H,5-29,43-48H2,1-4H3,(H,49,56)(H,50,57)(H,51,58)(H,52,59)(H,53,60). The van der Waals surface area contributed by atoms with Crippen molar-refractivity contribution in [2.75, 3.05) is 39.3 Å². The molecule has 0 radical (unpaired) electrons. The van der Waals surface area contributed by atoms with E-state index in [1.807, 2.05) is 20.8 Å². The quantitative estimate of drug-likeness (QED) is 0.0365. The van der Waals surface area contributed by atoms with Gasteiger partial charge < -0.3 is 66.3 Å². The fourth-order valence-electron chi connectivity index (χ4n) is 6.75. The number of nitrogens with one attached hydrogen (secondary N) is 6. The maximum atomic E-state index is 14.1. The second kappa shape index (κ2) is 34.3. The second-order valence-corrected chi connectivity index (χ2v) is 16.8. The van der Waals surface area contributed by atoms with Gasteiger partial charge in [0.2, 0.25) is 29.5 Å². The zero-order valence-corrected chi connectivity index (χ0v) is 37.6. The highest BCUT2D eigenvalue weighted by molar-refractivity contribution is 5.96. The van der Waals surface area contributed by atoms with Crippen molar-refractivity contribution in [3.8, 4) is 0 Å². The van der Waals surface area contributed by atoms with E-state index in [9.17, 15) is 28.8 Å². The average molecular weight is 855 g/mol. The molecular weight excluding hydrogens is 769 g/mol. The fraction of sp³-hybridized carbons (Fsp3) is 0.857. The van der Waals surface area contributed by atoms with Crippen LogP contribution >= 0.6 is 0 Å². The average Bonchev–Trinajstić information content (AvgIpc) is 3.20. The molecule has 350 valence electrons. The topological polar surface area (TPSA) is 331 Å². The molecule has 0 aliphatic carbocycles. The highest BCUT2D eigenvalue weighted by Crippen LogP contribution is 2.13. The number of nitrogens with two attached hydrogens (primary N) is 6. The molecule has 0 fully saturated rings. The third-order valence-corrected chi connectivity index (χ3v) is 10.2. The van der Waals surface area contributed by atoms with E-state index >= 15 is 0 Å². The van der Waals surface area contributed by atoms with Gasteiger partial charge in [0.25, 0.3) is 0 Å². The van der Waals surface area contributed by atoms with E-state index in [4.69, 9.17) is 34.4 Å². The zero-order chi connectivity index (χ0) is 45.3. The summed E-state index contributed by atoms with van der Waals surface area (Å²) < 4.78 is 0. The number of hydrogen-bond donors (Lipinski definition) is 12. The van der Waals surface area contributed by atoms with Gasteiger partial charge in [0, 0.05) is 12.0 Å². The Labute approximate surface area is 360 Å². The molecule has 18 heteroatoms. The molecular formula is C42H86N12O6. The van der Waals surface area contributed by atoms with E-state index in [1.54, 1.807) is 6.92 Å². The Bertz CT molecular complexity index is 1220. The molecule has 18 N–H and O–H groups in total. The van der Waals surface area contributed by atoms with E-state index in [0.29, 0.717) is 123 Å². The van der Waals surface area contributed by atoms with Crippen LogP contribution in [0.15, 0.2) is 0 Å². The summed E-state index contributed by atoms with van der Waals surface area (Å²) in [6.07, 6.45) is 9.56. The Kier molecular flexibility index (Phi) is 32.5. The first-order chi connectivity index (χ1) is 28.6. The van der Waals surface area contributed by atoms with Gasteiger partial charge in [-0.2, -0.15) is 0 Å². The maximum absolute atomic E-state index is 14.1. The largest absolute Gasteiger partial charge is 0.345 e. The molecule has 0 saturated heterocycles. The lowest BCUT2D eigenvalue weighted by Crippen LogP contribution is -2.60. The van der Waals surface area contributed by atoms with E-state index in [2.05, 4.69) is 31.9 Å². The Morgan fingerprint density at radius 1 is 0.367 bits per heavy atom. The SMILES string of the molecule is CCC(=O)C(CCCCN)NC(=O)C(CCCCN)NC(=O)C(CCCCN)NC(=O)C(CCCCN)NC(=O)C(CCCCN)NC(=O)C(CCCCN)NC(C)(C)C. The monoisotopic (exact) mass is 855 g/mol. The van der Waals surface area contributed by atoms with Crippen molar-refractivity contribution in [2.24, 2.45) is 34.4 Å². The molecule has 6 unspecified atom stereocenters. The Balaban J connectivity index is 6.47. The maximum Gasteiger partial charge on any atom is 0.243 e. The number of rotatable bonds is 37. The number of carbonyl (C=O) groups excluding carboxylic acids is 6. The summed E-state index contributed by atoms with van der Waals surface area (Å²) in [4.78, 5) is 82.3. The molecule has 0 saturated carbocycles. The molecule has 0 bridgehead atoms. The summed E-state index contributed by atoms with van der Waals surface area (Å²) in [5.41, 5.74) is 34.0. The molecule has 0 rings (SSSR count). The van der Waals surface area contributed by atoms with Crippen LogP contribution < -0.4 is 66.3 Å². The number of Topliss-reactive ketones (excluding diaryl/α,β-unsaturated/α-hetero) is 1. The van der Waals surface area contributed by atoms with Gasteiger partial charge in [-0.15, -0.1) is 0 Å². The second-order valence-electron chi connectivity index (χ2n) is 16.8. The molecule has 0 aliphatic heterocycles. The lowest BCUT2D eigenvalue weighted by Gasteiger charge is -2.30. The number of hydrogen-bond acceptors (Lipinski definition) is 13. The van der Waals surface area contributed by atoms with Gasteiger partial charge >= 0.3 is 0 Å². The highest BCUT2D eigenvalue weighted by atomic mass is 16.2. The Hall–Kier alpha value is -3.26. The van der Waals surface area contributed by atoms with Crippen molar-refractivity contribution >= 4 is 35.3 Å². The lowest BCUT2D eigenvalue weighted by atomic mass is 10.0. The summed E-state index contributed by atoms with van der Waals surface area (Å²) in [6, 6.07) is -5.38. The van der Waals surface area contributed by atoms with Crippen LogP contribution in [0.3, 0.4) is 0 Å². The molecule has 5 amide bonds. The smallest absolute Gasteiger partial charge is 0.243 e. The van der Waals surface area contributed by atoms with Gasteiger partial charge in [-0.05, 0) is 169 Å². The van der Waals surface area contributed by atoms with Crippen LogP contribution in [-0.4, -0.2) is 116 Å². The minimum Gasteiger partial charge on any atom is -0.345 e. The number of amides is 5. The van der Waals surface area contributed by atoms with E-state index in [0.717, 1.165) is 12.8 Å².